The molecule has 0 aliphatic carbocycles. The lowest BCUT2D eigenvalue weighted by molar-refractivity contribution is 0.188. The highest BCUT2D eigenvalue weighted by atomic mass is 32.1. The fourth-order valence-corrected chi connectivity index (χ4v) is 5.04. The third kappa shape index (κ3) is 3.37. The van der Waals surface area contributed by atoms with Gasteiger partial charge in [-0.3, -0.25) is 0 Å². The van der Waals surface area contributed by atoms with Gasteiger partial charge in [-0.05, 0) is 18.1 Å². The number of para-hydroxylation sites is 1. The number of aromatic nitrogens is 5. The molecule has 0 atom stereocenters. The Balaban J connectivity index is 1.34. The Labute approximate surface area is 179 Å². The smallest absolute Gasteiger partial charge is 0.186 e. The zero-order valence-electron chi connectivity index (χ0n) is 17.3. The monoisotopic (exact) mass is 423 g/mol. The van der Waals surface area contributed by atoms with E-state index in [4.69, 9.17) is 9.72 Å². The highest BCUT2D eigenvalue weighted by Crippen LogP contribution is 2.32. The van der Waals surface area contributed by atoms with E-state index in [1.165, 1.54) is 10.3 Å². The Morgan fingerprint density at radius 2 is 1.87 bits per heavy atom. The van der Waals surface area contributed by atoms with Crippen LogP contribution in [0.25, 0.3) is 21.4 Å². The van der Waals surface area contributed by atoms with E-state index < -0.39 is 0 Å². The Morgan fingerprint density at radius 3 is 2.67 bits per heavy atom. The van der Waals surface area contributed by atoms with Crippen molar-refractivity contribution in [1.29, 1.82) is 0 Å². The second kappa shape index (κ2) is 8.16. The Morgan fingerprint density at radius 1 is 1.03 bits per heavy atom. The van der Waals surface area contributed by atoms with E-state index >= 15 is 0 Å². The van der Waals surface area contributed by atoms with Crippen LogP contribution in [0.5, 0.6) is 0 Å². The number of thiazole rings is 1. The average Bonchev–Trinajstić information content (AvgIpc) is 3.42. The molecule has 30 heavy (non-hydrogen) atoms. The molecular formula is C21H25N7OS. The van der Waals surface area contributed by atoms with Crippen LogP contribution in [0.4, 0.5) is 10.9 Å². The summed E-state index contributed by atoms with van der Waals surface area (Å²) in [6.45, 7) is 7.14. The highest BCUT2D eigenvalue weighted by molar-refractivity contribution is 7.22. The molecule has 156 valence electrons. The van der Waals surface area contributed by atoms with E-state index in [1.54, 1.807) is 24.8 Å². The minimum atomic E-state index is 0.630. The van der Waals surface area contributed by atoms with Gasteiger partial charge in [0.25, 0.3) is 0 Å². The number of aryl methyl sites for hydroxylation is 1. The van der Waals surface area contributed by atoms with Crippen LogP contribution in [0.1, 0.15) is 12.5 Å². The molecular weight excluding hydrogens is 398 g/mol. The molecule has 4 aromatic rings. The third-order valence-corrected chi connectivity index (χ3v) is 6.72. The number of fused-ring (bicyclic) bond motifs is 2. The van der Waals surface area contributed by atoms with Gasteiger partial charge in [0.15, 0.2) is 22.1 Å². The standard InChI is InChI=1S/C21H25N7OS/c1-3-15-5-4-6-16-17(15)25-21(30-16)27-9-7-26(8-10-27)19-18-20(23-13-22-19)28(14-24-18)11-12-29-2/h4-6,13-14H,3,7-12H2,1-2H3. The van der Waals surface area contributed by atoms with Gasteiger partial charge in [-0.25, -0.2) is 19.9 Å². The van der Waals surface area contributed by atoms with E-state index in [0.717, 1.165) is 66.8 Å². The van der Waals surface area contributed by atoms with Gasteiger partial charge < -0.3 is 19.1 Å². The molecule has 1 aliphatic heterocycles. The molecule has 1 aliphatic rings. The van der Waals surface area contributed by atoms with E-state index in [0.29, 0.717) is 6.61 Å². The first-order valence-electron chi connectivity index (χ1n) is 10.3. The number of benzene rings is 1. The summed E-state index contributed by atoms with van der Waals surface area (Å²) < 4.78 is 8.48. The number of hydrogen-bond donors (Lipinski definition) is 0. The molecule has 8 nitrogen and oxygen atoms in total. The number of nitrogens with zero attached hydrogens (tertiary/aromatic N) is 7. The topological polar surface area (TPSA) is 72.2 Å². The van der Waals surface area contributed by atoms with E-state index in [9.17, 15) is 0 Å². The number of rotatable bonds is 6. The van der Waals surface area contributed by atoms with Gasteiger partial charge in [-0.1, -0.05) is 30.4 Å². The second-order valence-electron chi connectivity index (χ2n) is 7.39. The van der Waals surface area contributed by atoms with Crippen LogP contribution in [0.3, 0.4) is 0 Å². The van der Waals surface area contributed by atoms with Gasteiger partial charge in [0.1, 0.15) is 6.33 Å². The predicted octanol–water partition coefficient (Wildman–Crippen LogP) is 2.97. The molecule has 4 heterocycles. The van der Waals surface area contributed by atoms with E-state index in [2.05, 4.69) is 49.9 Å². The third-order valence-electron chi connectivity index (χ3n) is 5.64. The first kappa shape index (κ1) is 19.2. The number of anilines is 2. The first-order valence-corrected chi connectivity index (χ1v) is 11.1. The summed E-state index contributed by atoms with van der Waals surface area (Å²) in [7, 11) is 1.70. The van der Waals surface area contributed by atoms with Crippen LogP contribution in [-0.4, -0.2) is 64.4 Å². The maximum Gasteiger partial charge on any atom is 0.186 e. The van der Waals surface area contributed by atoms with Crippen LogP contribution in [-0.2, 0) is 17.7 Å². The largest absolute Gasteiger partial charge is 0.383 e. The maximum absolute atomic E-state index is 5.19. The van der Waals surface area contributed by atoms with Gasteiger partial charge in [0, 0.05) is 39.8 Å². The van der Waals surface area contributed by atoms with Crippen molar-refractivity contribution in [2.45, 2.75) is 19.9 Å². The Kier molecular flexibility index (Phi) is 5.22. The highest BCUT2D eigenvalue weighted by Gasteiger charge is 2.23. The number of hydrogen-bond acceptors (Lipinski definition) is 8. The average molecular weight is 424 g/mol. The van der Waals surface area contributed by atoms with Crippen molar-refractivity contribution >= 4 is 43.7 Å². The summed E-state index contributed by atoms with van der Waals surface area (Å²) in [6, 6.07) is 6.48. The van der Waals surface area contributed by atoms with E-state index in [-0.39, 0.29) is 0 Å². The molecule has 0 radical (unpaired) electrons. The summed E-state index contributed by atoms with van der Waals surface area (Å²) in [4.78, 5) is 23.2. The van der Waals surface area contributed by atoms with Crippen LogP contribution in [0.15, 0.2) is 30.9 Å². The molecule has 0 saturated carbocycles. The van der Waals surface area contributed by atoms with Gasteiger partial charge >= 0.3 is 0 Å². The summed E-state index contributed by atoms with van der Waals surface area (Å²) in [5.41, 5.74) is 4.19. The maximum atomic E-state index is 5.19. The number of piperazine rings is 1. The zero-order valence-corrected chi connectivity index (χ0v) is 18.1. The lowest BCUT2D eigenvalue weighted by atomic mass is 10.1. The molecule has 1 saturated heterocycles. The van der Waals surface area contributed by atoms with Crippen LogP contribution < -0.4 is 9.80 Å². The molecule has 3 aromatic heterocycles. The van der Waals surface area contributed by atoms with E-state index in [1.807, 2.05) is 10.9 Å². The normalized spacial score (nSPS) is 14.9. The van der Waals surface area contributed by atoms with Gasteiger partial charge in [-0.15, -0.1) is 0 Å². The molecule has 1 fully saturated rings. The summed E-state index contributed by atoms with van der Waals surface area (Å²) in [6.07, 6.45) is 4.47. The molecule has 0 bridgehead atoms. The van der Waals surface area contributed by atoms with Crippen LogP contribution in [0, 0.1) is 0 Å². The van der Waals surface area contributed by atoms with Crippen LogP contribution >= 0.6 is 11.3 Å². The molecule has 0 N–H and O–H groups in total. The first-order chi connectivity index (χ1) is 14.8. The SMILES string of the molecule is CCc1cccc2sc(N3CCN(c4ncnc5c4ncn5CCOC)CC3)nc12. The van der Waals surface area contributed by atoms with Gasteiger partial charge in [-0.2, -0.15) is 0 Å². The fraction of sp³-hybridized carbons (Fsp3) is 0.429. The Hall–Kier alpha value is -2.78. The van der Waals surface area contributed by atoms with Crippen molar-refractivity contribution in [2.24, 2.45) is 0 Å². The molecule has 5 rings (SSSR count). The summed E-state index contributed by atoms with van der Waals surface area (Å²) in [5.74, 6) is 0.911. The number of imidazole rings is 1. The lowest BCUT2D eigenvalue weighted by Crippen LogP contribution is -2.46. The molecule has 1 aromatic carbocycles. The van der Waals surface area contributed by atoms with Crippen LogP contribution in [0.2, 0.25) is 0 Å². The van der Waals surface area contributed by atoms with Crippen molar-refractivity contribution in [2.75, 3.05) is 49.7 Å². The van der Waals surface area contributed by atoms with Crippen molar-refractivity contribution in [3.63, 3.8) is 0 Å². The lowest BCUT2D eigenvalue weighted by Gasteiger charge is -2.35. The second-order valence-corrected chi connectivity index (χ2v) is 8.40. The minimum absolute atomic E-state index is 0.630. The van der Waals surface area contributed by atoms with Gasteiger partial charge in [0.05, 0.1) is 23.2 Å². The molecule has 9 heteroatoms. The number of ether oxygens (including phenoxy) is 1. The van der Waals surface area contributed by atoms with Crippen molar-refractivity contribution in [3.8, 4) is 0 Å². The molecule has 0 spiro atoms. The van der Waals surface area contributed by atoms with Crippen molar-refractivity contribution in [3.05, 3.63) is 36.4 Å². The summed E-state index contributed by atoms with van der Waals surface area (Å²) >= 11 is 1.79. The molecule has 0 unspecified atom stereocenters. The number of methoxy groups -OCH3 is 1. The summed E-state index contributed by atoms with van der Waals surface area (Å²) in [5, 5.41) is 1.11. The zero-order chi connectivity index (χ0) is 20.5. The minimum Gasteiger partial charge on any atom is -0.383 e. The van der Waals surface area contributed by atoms with Crippen molar-refractivity contribution < 1.29 is 4.74 Å². The molecule has 0 amide bonds. The van der Waals surface area contributed by atoms with Crippen molar-refractivity contribution in [1.82, 2.24) is 24.5 Å². The fourth-order valence-electron chi connectivity index (χ4n) is 3.98. The quantitative estimate of drug-likeness (QED) is 0.472. The predicted molar refractivity (Wildman–Crippen MR) is 121 cm³/mol. The Bertz CT molecular complexity index is 1160. The van der Waals surface area contributed by atoms with Gasteiger partial charge in [0.2, 0.25) is 0 Å².